The van der Waals surface area contributed by atoms with Gasteiger partial charge in [0.15, 0.2) is 0 Å². The van der Waals surface area contributed by atoms with Gasteiger partial charge in [0.25, 0.3) is 0 Å². The minimum Gasteiger partial charge on any atom is -0.380 e. The lowest BCUT2D eigenvalue weighted by molar-refractivity contribution is -0.136. The molecule has 1 aromatic carbocycles. The van der Waals surface area contributed by atoms with Gasteiger partial charge in [-0.1, -0.05) is 11.6 Å². The minimum atomic E-state index is -4.41. The number of thiophene rings is 1. The second-order valence-electron chi connectivity index (χ2n) is 3.67. The van der Waals surface area contributed by atoms with Crippen LogP contribution in [0.1, 0.15) is 11.1 Å². The first-order valence-electron chi connectivity index (χ1n) is 5.08. The van der Waals surface area contributed by atoms with Gasteiger partial charge in [0.1, 0.15) is 0 Å². The summed E-state index contributed by atoms with van der Waals surface area (Å²) < 4.78 is 38.4. The summed E-state index contributed by atoms with van der Waals surface area (Å²) in [4.78, 5) is 0. The van der Waals surface area contributed by atoms with Gasteiger partial charge in [-0.2, -0.15) is 24.5 Å². The number of alkyl halides is 3. The highest BCUT2D eigenvalue weighted by molar-refractivity contribution is 7.07. The Morgan fingerprint density at radius 3 is 2.61 bits per heavy atom. The van der Waals surface area contributed by atoms with Crippen LogP contribution in [0.5, 0.6) is 0 Å². The maximum Gasteiger partial charge on any atom is 0.418 e. The number of anilines is 1. The van der Waals surface area contributed by atoms with Crippen LogP contribution in [0.25, 0.3) is 0 Å². The SMILES string of the molecule is FC(F)(F)c1cc(Cl)ccc1NCc1ccsc1. The predicted molar refractivity (Wildman–Crippen MR) is 68.1 cm³/mol. The summed E-state index contributed by atoms with van der Waals surface area (Å²) in [5.74, 6) is 0. The molecule has 0 atom stereocenters. The first-order chi connectivity index (χ1) is 8.47. The van der Waals surface area contributed by atoms with Gasteiger partial charge in [0, 0.05) is 17.3 Å². The summed E-state index contributed by atoms with van der Waals surface area (Å²) in [5, 5.41) is 6.61. The van der Waals surface area contributed by atoms with Gasteiger partial charge in [-0.05, 0) is 40.6 Å². The van der Waals surface area contributed by atoms with E-state index in [2.05, 4.69) is 5.32 Å². The molecule has 18 heavy (non-hydrogen) atoms. The van der Waals surface area contributed by atoms with Crippen LogP contribution in [-0.4, -0.2) is 0 Å². The van der Waals surface area contributed by atoms with Crippen molar-refractivity contribution in [2.45, 2.75) is 12.7 Å². The average molecular weight is 292 g/mol. The van der Waals surface area contributed by atoms with E-state index in [0.29, 0.717) is 6.54 Å². The van der Waals surface area contributed by atoms with Gasteiger partial charge >= 0.3 is 6.18 Å². The number of hydrogen-bond donors (Lipinski definition) is 1. The molecule has 1 heterocycles. The van der Waals surface area contributed by atoms with E-state index in [1.807, 2.05) is 16.8 Å². The molecule has 96 valence electrons. The molecule has 0 radical (unpaired) electrons. The Balaban J connectivity index is 2.22. The van der Waals surface area contributed by atoms with Crippen LogP contribution in [0.2, 0.25) is 5.02 Å². The van der Waals surface area contributed by atoms with E-state index in [1.165, 1.54) is 23.5 Å². The molecule has 0 unspecified atom stereocenters. The normalized spacial score (nSPS) is 11.6. The second kappa shape index (κ2) is 5.20. The number of halogens is 4. The Labute approximate surface area is 111 Å². The fraction of sp³-hybridized carbons (Fsp3) is 0.167. The number of nitrogens with one attached hydrogen (secondary N) is 1. The molecular formula is C12H9ClF3NS. The maximum absolute atomic E-state index is 12.8. The molecule has 0 bridgehead atoms. The van der Waals surface area contributed by atoms with E-state index in [9.17, 15) is 13.2 Å². The van der Waals surface area contributed by atoms with E-state index in [4.69, 9.17) is 11.6 Å². The van der Waals surface area contributed by atoms with Crippen LogP contribution < -0.4 is 5.32 Å². The van der Waals surface area contributed by atoms with Crippen molar-refractivity contribution in [3.63, 3.8) is 0 Å². The van der Waals surface area contributed by atoms with E-state index in [1.54, 1.807) is 0 Å². The van der Waals surface area contributed by atoms with Crippen LogP contribution in [0.3, 0.4) is 0 Å². The van der Waals surface area contributed by atoms with Crippen LogP contribution in [0, 0.1) is 0 Å². The van der Waals surface area contributed by atoms with Crippen molar-refractivity contribution in [3.8, 4) is 0 Å². The third-order valence-electron chi connectivity index (χ3n) is 2.35. The summed E-state index contributed by atoms with van der Waals surface area (Å²) in [7, 11) is 0. The monoisotopic (exact) mass is 291 g/mol. The summed E-state index contributed by atoms with van der Waals surface area (Å²) in [5.41, 5.74) is 0.242. The van der Waals surface area contributed by atoms with Gasteiger partial charge in [-0.3, -0.25) is 0 Å². The van der Waals surface area contributed by atoms with E-state index in [0.717, 1.165) is 11.6 Å². The standard InChI is InChI=1S/C12H9ClF3NS/c13-9-1-2-11(10(5-9)12(14,15)16)17-6-8-3-4-18-7-8/h1-5,7,17H,6H2. The summed E-state index contributed by atoms with van der Waals surface area (Å²) in [6.45, 7) is 0.355. The highest BCUT2D eigenvalue weighted by atomic mass is 35.5. The molecule has 0 amide bonds. The molecule has 0 spiro atoms. The number of benzene rings is 1. The quantitative estimate of drug-likeness (QED) is 0.836. The fourth-order valence-electron chi connectivity index (χ4n) is 1.50. The highest BCUT2D eigenvalue weighted by Gasteiger charge is 2.33. The Morgan fingerprint density at radius 1 is 1.22 bits per heavy atom. The molecule has 0 fully saturated rings. The van der Waals surface area contributed by atoms with Crippen molar-refractivity contribution in [3.05, 3.63) is 51.2 Å². The molecule has 1 aromatic heterocycles. The Bertz CT molecular complexity index is 523. The van der Waals surface area contributed by atoms with E-state index in [-0.39, 0.29) is 10.7 Å². The van der Waals surface area contributed by atoms with Crippen molar-refractivity contribution in [2.75, 3.05) is 5.32 Å². The molecule has 2 aromatic rings. The van der Waals surface area contributed by atoms with Crippen LogP contribution in [-0.2, 0) is 12.7 Å². The lowest BCUT2D eigenvalue weighted by atomic mass is 10.1. The van der Waals surface area contributed by atoms with Gasteiger partial charge < -0.3 is 5.32 Å². The topological polar surface area (TPSA) is 12.0 Å². The van der Waals surface area contributed by atoms with Gasteiger partial charge in [0.05, 0.1) is 5.56 Å². The fourth-order valence-corrected chi connectivity index (χ4v) is 2.34. The highest BCUT2D eigenvalue weighted by Crippen LogP contribution is 2.36. The maximum atomic E-state index is 12.8. The molecular weight excluding hydrogens is 283 g/mol. The molecule has 6 heteroatoms. The lowest BCUT2D eigenvalue weighted by Gasteiger charge is -2.14. The number of hydrogen-bond acceptors (Lipinski definition) is 2. The van der Waals surface area contributed by atoms with Crippen LogP contribution in [0.4, 0.5) is 18.9 Å². The minimum absolute atomic E-state index is 0.0399. The van der Waals surface area contributed by atoms with Gasteiger partial charge in [0.2, 0.25) is 0 Å². The smallest absolute Gasteiger partial charge is 0.380 e. The average Bonchev–Trinajstić information content (AvgIpc) is 2.79. The van der Waals surface area contributed by atoms with E-state index < -0.39 is 11.7 Å². The van der Waals surface area contributed by atoms with Crippen molar-refractivity contribution in [1.29, 1.82) is 0 Å². The zero-order valence-corrected chi connectivity index (χ0v) is 10.7. The van der Waals surface area contributed by atoms with Gasteiger partial charge in [-0.25, -0.2) is 0 Å². The van der Waals surface area contributed by atoms with Gasteiger partial charge in [-0.15, -0.1) is 0 Å². The predicted octanol–water partition coefficient (Wildman–Crippen LogP) is 5.03. The first kappa shape index (κ1) is 13.2. The molecule has 1 nitrogen and oxygen atoms in total. The Morgan fingerprint density at radius 2 is 2.00 bits per heavy atom. The molecule has 1 N–H and O–H groups in total. The molecule has 0 saturated heterocycles. The molecule has 0 aliphatic rings. The zero-order valence-electron chi connectivity index (χ0n) is 9.09. The number of rotatable bonds is 3. The van der Waals surface area contributed by atoms with Crippen molar-refractivity contribution in [1.82, 2.24) is 0 Å². The van der Waals surface area contributed by atoms with E-state index >= 15 is 0 Å². The molecule has 0 aliphatic heterocycles. The Kier molecular flexibility index (Phi) is 3.82. The third-order valence-corrected chi connectivity index (χ3v) is 3.32. The summed E-state index contributed by atoms with van der Waals surface area (Å²) >= 11 is 7.10. The Hall–Kier alpha value is -1.20. The van der Waals surface area contributed by atoms with Crippen molar-refractivity contribution < 1.29 is 13.2 Å². The summed E-state index contributed by atoms with van der Waals surface area (Å²) in [6.07, 6.45) is -4.41. The first-order valence-corrected chi connectivity index (χ1v) is 6.40. The molecule has 2 rings (SSSR count). The van der Waals surface area contributed by atoms with Crippen molar-refractivity contribution in [2.24, 2.45) is 0 Å². The van der Waals surface area contributed by atoms with Crippen LogP contribution >= 0.6 is 22.9 Å². The molecule has 0 saturated carbocycles. The molecule has 0 aliphatic carbocycles. The lowest BCUT2D eigenvalue weighted by Crippen LogP contribution is -2.10. The zero-order chi connectivity index (χ0) is 13.2. The van der Waals surface area contributed by atoms with Crippen LogP contribution in [0.15, 0.2) is 35.0 Å². The summed E-state index contributed by atoms with van der Waals surface area (Å²) in [6, 6.07) is 5.57. The third kappa shape index (κ3) is 3.17. The van der Waals surface area contributed by atoms with Crippen molar-refractivity contribution >= 4 is 28.6 Å². The second-order valence-corrected chi connectivity index (χ2v) is 4.89. The largest absolute Gasteiger partial charge is 0.418 e.